The molecule has 1 aliphatic rings. The van der Waals surface area contributed by atoms with E-state index >= 15 is 0 Å². The summed E-state index contributed by atoms with van der Waals surface area (Å²) in [5.74, 6) is 0. The van der Waals surface area contributed by atoms with Crippen LogP contribution in [0, 0.1) is 0 Å². The first-order valence-electron chi connectivity index (χ1n) is 7.25. The van der Waals surface area contributed by atoms with Crippen LogP contribution < -0.4 is 0 Å². The SMILES string of the molecule is CCCC1OC(Cn2cncn2)OC1c1ccc(Cl)cc1Cl. The van der Waals surface area contributed by atoms with E-state index in [4.69, 9.17) is 32.7 Å². The van der Waals surface area contributed by atoms with Crippen molar-refractivity contribution in [2.24, 2.45) is 0 Å². The fourth-order valence-corrected chi connectivity index (χ4v) is 3.14. The normalized spacial score (nSPS) is 24.8. The van der Waals surface area contributed by atoms with Crippen LogP contribution in [0.3, 0.4) is 0 Å². The Bertz CT molecular complexity index is 621. The van der Waals surface area contributed by atoms with Crippen LogP contribution in [0.15, 0.2) is 30.9 Å². The van der Waals surface area contributed by atoms with E-state index in [9.17, 15) is 0 Å². The monoisotopic (exact) mass is 341 g/mol. The number of hydrogen-bond donors (Lipinski definition) is 0. The lowest BCUT2D eigenvalue weighted by Crippen LogP contribution is -2.18. The molecule has 5 nitrogen and oxygen atoms in total. The lowest BCUT2D eigenvalue weighted by atomic mass is 10.0. The average molecular weight is 342 g/mol. The highest BCUT2D eigenvalue weighted by molar-refractivity contribution is 6.35. The van der Waals surface area contributed by atoms with Crippen LogP contribution in [0.2, 0.25) is 10.0 Å². The molecule has 118 valence electrons. The van der Waals surface area contributed by atoms with E-state index in [1.807, 2.05) is 12.1 Å². The zero-order valence-corrected chi connectivity index (χ0v) is 13.7. The highest BCUT2D eigenvalue weighted by atomic mass is 35.5. The molecule has 2 aromatic rings. The fourth-order valence-electron chi connectivity index (χ4n) is 2.63. The first-order valence-corrected chi connectivity index (χ1v) is 8.01. The summed E-state index contributed by atoms with van der Waals surface area (Å²) >= 11 is 12.3. The predicted molar refractivity (Wildman–Crippen MR) is 83.9 cm³/mol. The Hall–Kier alpha value is -1.14. The summed E-state index contributed by atoms with van der Waals surface area (Å²) in [5.41, 5.74) is 0.908. The molecule has 7 heteroatoms. The van der Waals surface area contributed by atoms with Crippen LogP contribution in [0.1, 0.15) is 31.4 Å². The van der Waals surface area contributed by atoms with E-state index in [2.05, 4.69) is 17.0 Å². The Balaban J connectivity index is 1.78. The van der Waals surface area contributed by atoms with Crippen molar-refractivity contribution in [2.45, 2.75) is 44.8 Å². The van der Waals surface area contributed by atoms with Crippen LogP contribution in [0.25, 0.3) is 0 Å². The summed E-state index contributed by atoms with van der Waals surface area (Å²) in [6.45, 7) is 2.62. The molecule has 22 heavy (non-hydrogen) atoms. The third kappa shape index (κ3) is 3.43. The first kappa shape index (κ1) is 15.7. The summed E-state index contributed by atoms with van der Waals surface area (Å²) in [7, 11) is 0. The van der Waals surface area contributed by atoms with Gasteiger partial charge in [-0.25, -0.2) is 9.67 Å². The number of hydrogen-bond acceptors (Lipinski definition) is 4. The number of nitrogens with zero attached hydrogens (tertiary/aromatic N) is 3. The summed E-state index contributed by atoms with van der Waals surface area (Å²) in [6.07, 6.45) is 4.45. The van der Waals surface area contributed by atoms with Gasteiger partial charge in [-0.15, -0.1) is 0 Å². The molecule has 1 fully saturated rings. The van der Waals surface area contributed by atoms with E-state index < -0.39 is 0 Å². The second kappa shape index (κ2) is 6.96. The fraction of sp³-hybridized carbons (Fsp3) is 0.467. The third-order valence-corrected chi connectivity index (χ3v) is 4.17. The largest absolute Gasteiger partial charge is 0.344 e. The number of benzene rings is 1. The van der Waals surface area contributed by atoms with Gasteiger partial charge in [0.2, 0.25) is 0 Å². The first-order chi connectivity index (χ1) is 10.7. The molecule has 2 heterocycles. The van der Waals surface area contributed by atoms with Gasteiger partial charge in [0.25, 0.3) is 0 Å². The molecule has 0 aliphatic carbocycles. The maximum atomic E-state index is 6.32. The molecular formula is C15H17Cl2N3O2. The molecule has 3 rings (SSSR count). The number of halogens is 2. The summed E-state index contributed by atoms with van der Waals surface area (Å²) in [6, 6.07) is 5.45. The zero-order chi connectivity index (χ0) is 15.5. The van der Waals surface area contributed by atoms with Gasteiger partial charge < -0.3 is 9.47 Å². The minimum atomic E-state index is -0.366. The maximum Gasteiger partial charge on any atom is 0.178 e. The van der Waals surface area contributed by atoms with E-state index in [1.54, 1.807) is 17.1 Å². The van der Waals surface area contributed by atoms with Gasteiger partial charge in [-0.1, -0.05) is 42.6 Å². The van der Waals surface area contributed by atoms with Gasteiger partial charge in [0.05, 0.1) is 12.6 Å². The van der Waals surface area contributed by atoms with Crippen molar-refractivity contribution >= 4 is 23.2 Å². The van der Waals surface area contributed by atoms with Crippen molar-refractivity contribution in [1.29, 1.82) is 0 Å². The molecule has 1 aromatic heterocycles. The van der Waals surface area contributed by atoms with Gasteiger partial charge in [0.15, 0.2) is 6.29 Å². The molecule has 1 aromatic carbocycles. The molecule has 0 bridgehead atoms. The van der Waals surface area contributed by atoms with Gasteiger partial charge >= 0.3 is 0 Å². The van der Waals surface area contributed by atoms with Crippen LogP contribution in [0.4, 0.5) is 0 Å². The van der Waals surface area contributed by atoms with E-state index in [0.29, 0.717) is 16.6 Å². The second-order valence-corrected chi connectivity index (χ2v) is 6.08. The summed E-state index contributed by atoms with van der Waals surface area (Å²) in [4.78, 5) is 3.93. The Morgan fingerprint density at radius 2 is 2.14 bits per heavy atom. The smallest absolute Gasteiger partial charge is 0.178 e. The Kier molecular flexibility index (Phi) is 4.98. The van der Waals surface area contributed by atoms with Crippen molar-refractivity contribution < 1.29 is 9.47 Å². The quantitative estimate of drug-likeness (QED) is 0.828. The van der Waals surface area contributed by atoms with Crippen molar-refractivity contribution in [3.05, 3.63) is 46.5 Å². The molecule has 0 saturated carbocycles. The van der Waals surface area contributed by atoms with Crippen molar-refractivity contribution in [1.82, 2.24) is 14.8 Å². The van der Waals surface area contributed by atoms with E-state index in [0.717, 1.165) is 18.4 Å². The van der Waals surface area contributed by atoms with Crippen LogP contribution in [-0.2, 0) is 16.0 Å². The number of ether oxygens (including phenoxy) is 2. The zero-order valence-electron chi connectivity index (χ0n) is 12.2. The number of aromatic nitrogens is 3. The minimum absolute atomic E-state index is 0.0304. The lowest BCUT2D eigenvalue weighted by molar-refractivity contribution is -0.0786. The van der Waals surface area contributed by atoms with Gasteiger partial charge in [-0.3, -0.25) is 0 Å². The third-order valence-electron chi connectivity index (χ3n) is 3.61. The molecule has 0 N–H and O–H groups in total. The van der Waals surface area contributed by atoms with Crippen molar-refractivity contribution in [3.63, 3.8) is 0 Å². The maximum absolute atomic E-state index is 6.32. The lowest BCUT2D eigenvalue weighted by Gasteiger charge is -2.17. The standard InChI is InChI=1S/C15H17Cl2N3O2/c1-2-3-13-15(11-5-4-10(16)6-12(11)17)22-14(21-13)7-20-9-18-8-19-20/h4-6,8-9,13-15H,2-3,7H2,1H3. The van der Waals surface area contributed by atoms with Crippen LogP contribution in [-0.4, -0.2) is 27.2 Å². The topological polar surface area (TPSA) is 49.2 Å². The van der Waals surface area contributed by atoms with Crippen molar-refractivity contribution in [3.8, 4) is 0 Å². The molecule has 1 aliphatic heterocycles. The van der Waals surface area contributed by atoms with Crippen LogP contribution >= 0.6 is 23.2 Å². The summed E-state index contributed by atoms with van der Waals surface area (Å²) in [5, 5.41) is 5.29. The van der Waals surface area contributed by atoms with E-state index in [1.165, 1.54) is 6.33 Å². The molecule has 0 spiro atoms. The van der Waals surface area contributed by atoms with Crippen LogP contribution in [0.5, 0.6) is 0 Å². The molecule has 3 atom stereocenters. The Morgan fingerprint density at radius 1 is 1.27 bits per heavy atom. The molecular weight excluding hydrogens is 325 g/mol. The Morgan fingerprint density at radius 3 is 2.82 bits per heavy atom. The number of rotatable bonds is 5. The molecule has 3 unspecified atom stereocenters. The summed E-state index contributed by atoms with van der Waals surface area (Å²) < 4.78 is 13.8. The van der Waals surface area contributed by atoms with Gasteiger partial charge in [0.1, 0.15) is 18.8 Å². The highest BCUT2D eigenvalue weighted by Crippen LogP contribution is 2.39. The molecule has 0 amide bonds. The van der Waals surface area contributed by atoms with Gasteiger partial charge in [-0.2, -0.15) is 5.10 Å². The average Bonchev–Trinajstić information content (AvgIpc) is 3.10. The predicted octanol–water partition coefficient (Wildman–Crippen LogP) is 3.87. The van der Waals surface area contributed by atoms with Gasteiger partial charge in [-0.05, 0) is 18.6 Å². The van der Waals surface area contributed by atoms with Crippen molar-refractivity contribution in [2.75, 3.05) is 0 Å². The minimum Gasteiger partial charge on any atom is -0.344 e. The highest BCUT2D eigenvalue weighted by Gasteiger charge is 2.37. The molecule has 1 saturated heterocycles. The van der Waals surface area contributed by atoms with E-state index in [-0.39, 0.29) is 18.5 Å². The Labute approximate surface area is 139 Å². The molecule has 0 radical (unpaired) electrons. The van der Waals surface area contributed by atoms with Gasteiger partial charge in [0, 0.05) is 15.6 Å². The second-order valence-electron chi connectivity index (χ2n) is 5.23.